The molecule has 0 heterocycles. The maximum absolute atomic E-state index is 12.1. The van der Waals surface area contributed by atoms with E-state index in [0.717, 1.165) is 64.2 Å². The predicted octanol–water partition coefficient (Wildman–Crippen LogP) is 11.3. The Morgan fingerprint density at radius 1 is 0.545 bits per heavy atom. The Kier molecular flexibility index (Phi) is 34.1. The highest BCUT2D eigenvalue weighted by molar-refractivity contribution is 5.70. The first kappa shape index (κ1) is 42.1. The number of ether oxygens (including phenoxy) is 2. The van der Waals surface area contributed by atoms with Crippen molar-refractivity contribution in [3.63, 3.8) is 0 Å². The Hall–Kier alpha value is -1.88. The first-order valence-corrected chi connectivity index (χ1v) is 18.5. The van der Waals surface area contributed by atoms with E-state index in [2.05, 4.69) is 50.3 Å². The van der Waals surface area contributed by atoms with Crippen LogP contribution in [-0.4, -0.2) is 36.4 Å². The second-order valence-corrected chi connectivity index (χ2v) is 12.3. The molecule has 5 heteroatoms. The molecule has 0 saturated heterocycles. The van der Waals surface area contributed by atoms with Crippen molar-refractivity contribution >= 4 is 11.9 Å². The topological polar surface area (TPSA) is 72.8 Å². The molecule has 0 unspecified atom stereocenters. The van der Waals surface area contributed by atoms with Gasteiger partial charge in [-0.3, -0.25) is 9.59 Å². The van der Waals surface area contributed by atoms with Gasteiger partial charge in [0, 0.05) is 12.8 Å². The van der Waals surface area contributed by atoms with Gasteiger partial charge in [-0.05, 0) is 44.9 Å². The SMILES string of the molecule is CC/C=C\C/C=C\C/C=C\CCCCCCCCCC(=O)O[C@@H](CO)COC(=O)CCCCCCCCCCCCCCC. The molecule has 5 nitrogen and oxygen atoms in total. The molecule has 0 radical (unpaired) electrons. The summed E-state index contributed by atoms with van der Waals surface area (Å²) < 4.78 is 10.6. The highest BCUT2D eigenvalue weighted by Gasteiger charge is 2.16. The van der Waals surface area contributed by atoms with Gasteiger partial charge in [0.2, 0.25) is 0 Å². The van der Waals surface area contributed by atoms with Crippen molar-refractivity contribution in [2.75, 3.05) is 13.2 Å². The number of carbonyl (C=O) groups is 2. The number of esters is 2. The van der Waals surface area contributed by atoms with Crippen LogP contribution in [0, 0.1) is 0 Å². The Morgan fingerprint density at radius 3 is 1.48 bits per heavy atom. The minimum atomic E-state index is -0.772. The number of allylic oxidation sites excluding steroid dienone is 6. The molecule has 0 fully saturated rings. The fourth-order valence-corrected chi connectivity index (χ4v) is 5.16. The number of aliphatic hydroxyl groups is 1. The lowest BCUT2D eigenvalue weighted by molar-refractivity contribution is -0.161. The summed E-state index contributed by atoms with van der Waals surface area (Å²) in [7, 11) is 0. The van der Waals surface area contributed by atoms with Crippen LogP contribution in [0.4, 0.5) is 0 Å². The zero-order valence-corrected chi connectivity index (χ0v) is 28.9. The molecule has 0 aromatic carbocycles. The van der Waals surface area contributed by atoms with Gasteiger partial charge in [-0.15, -0.1) is 0 Å². The van der Waals surface area contributed by atoms with E-state index >= 15 is 0 Å². The van der Waals surface area contributed by atoms with Crippen LogP contribution in [0.2, 0.25) is 0 Å². The van der Waals surface area contributed by atoms with E-state index in [1.54, 1.807) is 0 Å². The van der Waals surface area contributed by atoms with Crippen molar-refractivity contribution in [2.45, 2.75) is 187 Å². The summed E-state index contributed by atoms with van der Waals surface area (Å²) in [5.74, 6) is -0.600. The normalized spacial score (nSPS) is 12.5. The fourth-order valence-electron chi connectivity index (χ4n) is 5.16. The van der Waals surface area contributed by atoms with Crippen molar-refractivity contribution in [3.8, 4) is 0 Å². The number of hydrogen-bond donors (Lipinski definition) is 1. The molecule has 0 aliphatic rings. The standard InChI is InChI=1S/C39H70O5/c1-3-5-7-9-11-13-15-17-18-19-20-22-24-26-28-30-32-34-39(42)44-37(35-40)36-43-38(41)33-31-29-27-25-23-21-16-14-12-10-8-6-4-2/h5,7,11,13,17-18,37,40H,3-4,6,8-10,12,14-16,19-36H2,1-2H3/b7-5-,13-11-,18-17-/t37-/m0/s1. The molecule has 0 spiro atoms. The number of unbranched alkanes of at least 4 members (excludes halogenated alkanes) is 19. The van der Waals surface area contributed by atoms with Crippen molar-refractivity contribution in [1.82, 2.24) is 0 Å². The second-order valence-electron chi connectivity index (χ2n) is 12.3. The van der Waals surface area contributed by atoms with Gasteiger partial charge in [0.15, 0.2) is 6.10 Å². The summed E-state index contributed by atoms with van der Waals surface area (Å²) in [6.07, 6.45) is 42.0. The number of carbonyl (C=O) groups excluding carboxylic acids is 2. The molecule has 0 amide bonds. The van der Waals surface area contributed by atoms with Gasteiger partial charge in [0.25, 0.3) is 0 Å². The van der Waals surface area contributed by atoms with Crippen LogP contribution in [0.1, 0.15) is 181 Å². The fraction of sp³-hybridized carbons (Fsp3) is 0.795. The third-order valence-corrected chi connectivity index (χ3v) is 7.95. The molecule has 0 aliphatic carbocycles. The van der Waals surface area contributed by atoms with Crippen molar-refractivity contribution in [2.24, 2.45) is 0 Å². The quantitative estimate of drug-likeness (QED) is 0.0450. The molecule has 44 heavy (non-hydrogen) atoms. The van der Waals surface area contributed by atoms with Crippen LogP contribution in [-0.2, 0) is 19.1 Å². The molecule has 0 saturated carbocycles. The Balaban J connectivity index is 3.57. The van der Waals surface area contributed by atoms with Gasteiger partial charge >= 0.3 is 11.9 Å². The molecule has 0 aliphatic heterocycles. The van der Waals surface area contributed by atoms with Crippen LogP contribution >= 0.6 is 0 Å². The molecule has 1 N–H and O–H groups in total. The van der Waals surface area contributed by atoms with Crippen LogP contribution < -0.4 is 0 Å². The highest BCUT2D eigenvalue weighted by Crippen LogP contribution is 2.14. The van der Waals surface area contributed by atoms with Crippen molar-refractivity contribution in [3.05, 3.63) is 36.5 Å². The largest absolute Gasteiger partial charge is 0.462 e. The summed E-state index contributed by atoms with van der Waals surface area (Å²) in [5, 5.41) is 9.53. The van der Waals surface area contributed by atoms with Gasteiger partial charge < -0.3 is 14.6 Å². The van der Waals surface area contributed by atoms with Gasteiger partial charge in [0.05, 0.1) is 6.61 Å². The first-order chi connectivity index (χ1) is 21.6. The minimum Gasteiger partial charge on any atom is -0.462 e. The van der Waals surface area contributed by atoms with E-state index in [1.165, 1.54) is 89.9 Å². The van der Waals surface area contributed by atoms with Crippen LogP contribution in [0.25, 0.3) is 0 Å². The summed E-state index contributed by atoms with van der Waals surface area (Å²) >= 11 is 0. The lowest BCUT2D eigenvalue weighted by Crippen LogP contribution is -2.28. The molecular weight excluding hydrogens is 548 g/mol. The molecule has 1 atom stereocenters. The molecular formula is C39H70O5. The lowest BCUT2D eigenvalue weighted by Gasteiger charge is -2.15. The maximum Gasteiger partial charge on any atom is 0.306 e. The van der Waals surface area contributed by atoms with Gasteiger partial charge in [-0.2, -0.15) is 0 Å². The number of rotatable bonds is 33. The zero-order valence-electron chi connectivity index (χ0n) is 28.9. The monoisotopic (exact) mass is 619 g/mol. The van der Waals surface area contributed by atoms with Gasteiger partial charge in [-0.1, -0.05) is 159 Å². The van der Waals surface area contributed by atoms with Gasteiger partial charge in [-0.25, -0.2) is 0 Å². The smallest absolute Gasteiger partial charge is 0.306 e. The third-order valence-electron chi connectivity index (χ3n) is 7.95. The summed E-state index contributed by atoms with van der Waals surface area (Å²) in [5.41, 5.74) is 0. The van der Waals surface area contributed by atoms with E-state index in [0.29, 0.717) is 12.8 Å². The molecule has 256 valence electrons. The number of hydrogen-bond acceptors (Lipinski definition) is 5. The molecule has 0 aromatic heterocycles. The zero-order chi connectivity index (χ0) is 32.2. The molecule has 0 bridgehead atoms. The summed E-state index contributed by atoms with van der Waals surface area (Å²) in [4.78, 5) is 24.2. The minimum absolute atomic E-state index is 0.0674. The van der Waals surface area contributed by atoms with E-state index in [4.69, 9.17) is 9.47 Å². The molecule has 0 aromatic rings. The lowest BCUT2D eigenvalue weighted by atomic mass is 10.0. The summed E-state index contributed by atoms with van der Waals surface area (Å²) in [6.45, 7) is 4.01. The third kappa shape index (κ3) is 33.0. The second kappa shape index (κ2) is 35.6. The predicted molar refractivity (Wildman–Crippen MR) is 187 cm³/mol. The van der Waals surface area contributed by atoms with Crippen molar-refractivity contribution < 1.29 is 24.2 Å². The van der Waals surface area contributed by atoms with E-state index in [-0.39, 0.29) is 25.2 Å². The average Bonchev–Trinajstić information content (AvgIpc) is 3.02. The first-order valence-electron chi connectivity index (χ1n) is 18.5. The average molecular weight is 619 g/mol. The Morgan fingerprint density at radius 2 is 0.977 bits per heavy atom. The Labute approximate surface area is 272 Å². The summed E-state index contributed by atoms with van der Waals surface area (Å²) in [6, 6.07) is 0. The maximum atomic E-state index is 12.1. The Bertz CT molecular complexity index is 711. The van der Waals surface area contributed by atoms with Crippen LogP contribution in [0.5, 0.6) is 0 Å². The van der Waals surface area contributed by atoms with Crippen LogP contribution in [0.3, 0.4) is 0 Å². The van der Waals surface area contributed by atoms with E-state index < -0.39 is 6.10 Å². The van der Waals surface area contributed by atoms with Crippen molar-refractivity contribution in [1.29, 1.82) is 0 Å². The number of aliphatic hydroxyl groups excluding tert-OH is 1. The van der Waals surface area contributed by atoms with Gasteiger partial charge in [0.1, 0.15) is 6.61 Å². The highest BCUT2D eigenvalue weighted by atomic mass is 16.6. The van der Waals surface area contributed by atoms with E-state index in [9.17, 15) is 14.7 Å². The van der Waals surface area contributed by atoms with Crippen LogP contribution in [0.15, 0.2) is 36.5 Å². The molecule has 0 rings (SSSR count). The van der Waals surface area contributed by atoms with E-state index in [1.807, 2.05) is 0 Å².